The second-order valence-corrected chi connectivity index (χ2v) is 9.33. The molecule has 0 radical (unpaired) electrons. The Morgan fingerprint density at radius 3 is 2.70 bits per heavy atom. The molecular formula is C25H28N4O4. The highest BCUT2D eigenvalue weighted by atomic mass is 16.3. The van der Waals surface area contributed by atoms with Crippen molar-refractivity contribution < 1.29 is 18.8 Å². The zero-order valence-electron chi connectivity index (χ0n) is 18.9. The predicted octanol–water partition coefficient (Wildman–Crippen LogP) is 3.77. The van der Waals surface area contributed by atoms with Crippen LogP contribution in [0.25, 0.3) is 0 Å². The van der Waals surface area contributed by atoms with Gasteiger partial charge in [0.15, 0.2) is 0 Å². The number of nitrogens with one attached hydrogen (secondary N) is 1. The van der Waals surface area contributed by atoms with Gasteiger partial charge in [0.05, 0.1) is 12.0 Å². The first kappa shape index (κ1) is 21.4. The molecule has 3 aliphatic rings. The van der Waals surface area contributed by atoms with E-state index in [0.717, 1.165) is 41.0 Å². The topological polar surface area (TPSA) is 95.2 Å². The van der Waals surface area contributed by atoms with Gasteiger partial charge in [-0.2, -0.15) is 5.10 Å². The SMILES string of the molecule is Cc1ccc(C2=NN(C(=O)CN3C(=O)NC4(CCCCC4C)C3=O)C(c3ccco3)C2)cc1. The molecule has 8 heteroatoms. The molecule has 2 aliphatic heterocycles. The Balaban J connectivity index is 1.40. The third-order valence-electron chi connectivity index (χ3n) is 7.22. The molecule has 4 amide bonds. The van der Waals surface area contributed by atoms with E-state index in [4.69, 9.17) is 4.42 Å². The molecule has 5 rings (SSSR count). The Hall–Kier alpha value is -3.42. The first-order valence-electron chi connectivity index (χ1n) is 11.5. The number of benzene rings is 1. The van der Waals surface area contributed by atoms with Crippen molar-refractivity contribution in [2.75, 3.05) is 6.54 Å². The maximum Gasteiger partial charge on any atom is 0.325 e. The second-order valence-electron chi connectivity index (χ2n) is 9.33. The number of imide groups is 1. The van der Waals surface area contributed by atoms with Gasteiger partial charge in [-0.1, -0.05) is 49.6 Å². The molecule has 2 aromatic rings. The van der Waals surface area contributed by atoms with E-state index in [-0.39, 0.29) is 18.4 Å². The van der Waals surface area contributed by atoms with Gasteiger partial charge in [-0.25, -0.2) is 9.80 Å². The van der Waals surface area contributed by atoms with Crippen LogP contribution in [0.2, 0.25) is 0 Å². The van der Waals surface area contributed by atoms with Crippen LogP contribution in [0.3, 0.4) is 0 Å². The fourth-order valence-corrected chi connectivity index (χ4v) is 5.21. The maximum absolute atomic E-state index is 13.4. The fourth-order valence-electron chi connectivity index (χ4n) is 5.21. The summed E-state index contributed by atoms with van der Waals surface area (Å²) in [5.74, 6) is -0.0625. The molecule has 3 atom stereocenters. The molecule has 1 N–H and O–H groups in total. The number of carbonyl (C=O) groups excluding carboxylic acids is 3. The van der Waals surface area contributed by atoms with Crippen LogP contribution in [0.5, 0.6) is 0 Å². The van der Waals surface area contributed by atoms with Gasteiger partial charge in [-0.15, -0.1) is 0 Å². The molecule has 1 aromatic heterocycles. The average Bonchev–Trinajstić information content (AvgIpc) is 3.53. The highest BCUT2D eigenvalue weighted by Crippen LogP contribution is 2.39. The highest BCUT2D eigenvalue weighted by molar-refractivity contribution is 6.09. The van der Waals surface area contributed by atoms with Crippen LogP contribution in [0.1, 0.15) is 62.0 Å². The summed E-state index contributed by atoms with van der Waals surface area (Å²) in [6.07, 6.45) is 5.47. The van der Waals surface area contributed by atoms with Gasteiger partial charge in [-0.3, -0.25) is 14.5 Å². The molecule has 1 aliphatic carbocycles. The first-order valence-corrected chi connectivity index (χ1v) is 11.5. The number of carbonyl (C=O) groups is 3. The number of hydrogen-bond donors (Lipinski definition) is 1. The van der Waals surface area contributed by atoms with Crippen LogP contribution in [-0.4, -0.2) is 45.5 Å². The largest absolute Gasteiger partial charge is 0.467 e. The normalized spacial score (nSPS) is 27.3. The summed E-state index contributed by atoms with van der Waals surface area (Å²) >= 11 is 0. The van der Waals surface area contributed by atoms with E-state index in [0.29, 0.717) is 18.6 Å². The molecule has 3 unspecified atom stereocenters. The lowest BCUT2D eigenvalue weighted by molar-refractivity contribution is -0.141. The van der Waals surface area contributed by atoms with E-state index in [1.807, 2.05) is 44.2 Å². The van der Waals surface area contributed by atoms with E-state index >= 15 is 0 Å². The molecule has 1 saturated carbocycles. The molecule has 2 fully saturated rings. The minimum Gasteiger partial charge on any atom is -0.467 e. The Morgan fingerprint density at radius 2 is 2.00 bits per heavy atom. The monoisotopic (exact) mass is 448 g/mol. The summed E-state index contributed by atoms with van der Waals surface area (Å²) in [5, 5.41) is 8.88. The third kappa shape index (κ3) is 3.63. The zero-order chi connectivity index (χ0) is 23.2. The number of nitrogens with zero attached hydrogens (tertiary/aromatic N) is 3. The quantitative estimate of drug-likeness (QED) is 0.721. The van der Waals surface area contributed by atoms with Crippen LogP contribution in [0.15, 0.2) is 52.2 Å². The number of amides is 4. The molecule has 33 heavy (non-hydrogen) atoms. The second kappa shape index (κ2) is 8.17. The first-order chi connectivity index (χ1) is 15.9. The summed E-state index contributed by atoms with van der Waals surface area (Å²) in [7, 11) is 0. The van der Waals surface area contributed by atoms with Gasteiger partial charge >= 0.3 is 6.03 Å². The molecule has 8 nitrogen and oxygen atoms in total. The summed E-state index contributed by atoms with van der Waals surface area (Å²) in [4.78, 5) is 40.5. The predicted molar refractivity (Wildman–Crippen MR) is 121 cm³/mol. The number of aryl methyl sites for hydroxylation is 1. The van der Waals surface area contributed by atoms with Gasteiger partial charge < -0.3 is 9.73 Å². The molecular weight excluding hydrogens is 420 g/mol. The van der Waals surface area contributed by atoms with Crippen LogP contribution in [0, 0.1) is 12.8 Å². The van der Waals surface area contributed by atoms with Crippen molar-refractivity contribution in [3.8, 4) is 0 Å². The van der Waals surface area contributed by atoms with Crippen molar-refractivity contribution >= 4 is 23.6 Å². The van der Waals surface area contributed by atoms with Crippen molar-refractivity contribution in [1.29, 1.82) is 0 Å². The number of urea groups is 1. The molecule has 0 bridgehead atoms. The van der Waals surface area contributed by atoms with Gasteiger partial charge in [0.2, 0.25) is 0 Å². The van der Waals surface area contributed by atoms with Crippen LogP contribution in [0.4, 0.5) is 4.79 Å². The molecule has 172 valence electrons. The van der Waals surface area contributed by atoms with Gasteiger partial charge in [0, 0.05) is 6.42 Å². The van der Waals surface area contributed by atoms with E-state index in [2.05, 4.69) is 10.4 Å². The Kier molecular flexibility index (Phi) is 5.31. The van der Waals surface area contributed by atoms with E-state index in [1.54, 1.807) is 12.3 Å². The number of rotatable bonds is 4. The Labute approximate surface area is 192 Å². The maximum atomic E-state index is 13.4. The smallest absolute Gasteiger partial charge is 0.325 e. The lowest BCUT2D eigenvalue weighted by atomic mass is 9.73. The number of hydrogen-bond acceptors (Lipinski definition) is 5. The van der Waals surface area contributed by atoms with Crippen molar-refractivity contribution in [3.63, 3.8) is 0 Å². The fraction of sp³-hybridized carbons (Fsp3) is 0.440. The van der Waals surface area contributed by atoms with Gasteiger partial charge in [0.1, 0.15) is 23.9 Å². The number of furan rings is 1. The van der Waals surface area contributed by atoms with Crippen LogP contribution < -0.4 is 5.32 Å². The minimum absolute atomic E-state index is 0.0385. The Morgan fingerprint density at radius 1 is 1.21 bits per heavy atom. The summed E-state index contributed by atoms with van der Waals surface area (Å²) in [6.45, 7) is 3.66. The lowest BCUT2D eigenvalue weighted by Crippen LogP contribution is -2.54. The van der Waals surface area contributed by atoms with E-state index in [1.165, 1.54) is 5.01 Å². The van der Waals surface area contributed by atoms with Crippen LogP contribution in [-0.2, 0) is 9.59 Å². The third-order valence-corrected chi connectivity index (χ3v) is 7.22. The van der Waals surface area contributed by atoms with E-state index in [9.17, 15) is 14.4 Å². The molecule has 3 heterocycles. The Bertz CT molecular complexity index is 1110. The summed E-state index contributed by atoms with van der Waals surface area (Å²) in [5.41, 5.74) is 1.94. The summed E-state index contributed by atoms with van der Waals surface area (Å²) in [6, 6.07) is 10.6. The standard InChI is InChI=1S/C25H28N4O4/c1-16-8-10-18(11-9-16)19-14-20(21-7-5-13-33-21)29(27-19)22(30)15-28-23(31)25(26-24(28)32)12-4-3-6-17(25)2/h5,7-11,13,17,20H,3-4,6,12,14-15H2,1-2H3,(H,26,32). The average molecular weight is 449 g/mol. The zero-order valence-corrected chi connectivity index (χ0v) is 18.9. The van der Waals surface area contributed by atoms with Gasteiger partial charge in [-0.05, 0) is 43.4 Å². The molecule has 1 saturated heterocycles. The van der Waals surface area contributed by atoms with Crippen molar-refractivity contribution in [1.82, 2.24) is 15.2 Å². The molecule has 1 aromatic carbocycles. The minimum atomic E-state index is -0.892. The van der Waals surface area contributed by atoms with Crippen molar-refractivity contribution in [2.45, 2.75) is 57.5 Å². The molecule has 1 spiro atoms. The van der Waals surface area contributed by atoms with E-state index < -0.39 is 23.5 Å². The summed E-state index contributed by atoms with van der Waals surface area (Å²) < 4.78 is 5.59. The van der Waals surface area contributed by atoms with Crippen LogP contribution >= 0.6 is 0 Å². The van der Waals surface area contributed by atoms with Crippen molar-refractivity contribution in [2.24, 2.45) is 11.0 Å². The highest BCUT2D eigenvalue weighted by Gasteiger charge is 2.55. The lowest BCUT2D eigenvalue weighted by Gasteiger charge is -2.36. The van der Waals surface area contributed by atoms with Gasteiger partial charge in [0.25, 0.3) is 11.8 Å². The van der Waals surface area contributed by atoms with Crippen molar-refractivity contribution in [3.05, 3.63) is 59.5 Å². The number of hydrazone groups is 1.